The van der Waals surface area contributed by atoms with E-state index in [-0.39, 0.29) is 5.25 Å². The molecule has 1 fully saturated rings. The molecular weight excluding hydrogens is 240 g/mol. The number of rotatable bonds is 4. The first-order valence-electron chi connectivity index (χ1n) is 6.13. The van der Waals surface area contributed by atoms with Crippen molar-refractivity contribution < 1.29 is 13.2 Å². The van der Waals surface area contributed by atoms with Gasteiger partial charge in [-0.1, -0.05) is 11.6 Å². The summed E-state index contributed by atoms with van der Waals surface area (Å²) >= 11 is 0. The molecule has 6 heteroatoms. The van der Waals surface area contributed by atoms with E-state index in [0.29, 0.717) is 32.6 Å². The van der Waals surface area contributed by atoms with E-state index in [9.17, 15) is 8.42 Å². The van der Waals surface area contributed by atoms with Crippen LogP contribution in [0.25, 0.3) is 0 Å². The molecule has 0 aromatic carbocycles. The minimum atomic E-state index is -3.17. The lowest BCUT2D eigenvalue weighted by molar-refractivity contribution is 0.0981. The molecule has 0 spiro atoms. The third-order valence-corrected chi connectivity index (χ3v) is 5.16. The minimum Gasteiger partial charge on any atom is -0.381 e. The molecular formula is C11H20N2O3S. The average molecular weight is 260 g/mol. The summed E-state index contributed by atoms with van der Waals surface area (Å²) in [5.41, 5.74) is 1.18. The maximum absolute atomic E-state index is 12.0. The maximum Gasteiger partial charge on any atom is 0.214 e. The molecule has 0 bridgehead atoms. The van der Waals surface area contributed by atoms with Crippen molar-refractivity contribution in [2.75, 3.05) is 32.8 Å². The van der Waals surface area contributed by atoms with E-state index in [4.69, 9.17) is 4.74 Å². The Labute approximate surface area is 103 Å². The molecule has 2 N–H and O–H groups in total. The topological polar surface area (TPSA) is 67.4 Å². The summed E-state index contributed by atoms with van der Waals surface area (Å²) in [7, 11) is -3.17. The van der Waals surface area contributed by atoms with Gasteiger partial charge in [0, 0.05) is 26.3 Å². The van der Waals surface area contributed by atoms with Gasteiger partial charge in [-0.3, -0.25) is 0 Å². The maximum atomic E-state index is 12.0. The fraction of sp³-hybridized carbons (Fsp3) is 0.818. The zero-order chi connectivity index (χ0) is 12.1. The van der Waals surface area contributed by atoms with Gasteiger partial charge in [0.2, 0.25) is 10.0 Å². The fourth-order valence-electron chi connectivity index (χ4n) is 2.13. The second-order valence-corrected chi connectivity index (χ2v) is 6.54. The molecule has 0 aliphatic carbocycles. The summed E-state index contributed by atoms with van der Waals surface area (Å²) in [5, 5.41) is 2.93. The van der Waals surface area contributed by atoms with Gasteiger partial charge in [0.15, 0.2) is 0 Å². The van der Waals surface area contributed by atoms with E-state index in [1.807, 2.05) is 0 Å². The van der Waals surface area contributed by atoms with Gasteiger partial charge >= 0.3 is 0 Å². The molecule has 0 aromatic rings. The largest absolute Gasteiger partial charge is 0.381 e. The minimum absolute atomic E-state index is 0.279. The van der Waals surface area contributed by atoms with Crippen LogP contribution in [-0.2, 0) is 14.8 Å². The van der Waals surface area contributed by atoms with Crippen LogP contribution in [0, 0.1) is 0 Å². The summed E-state index contributed by atoms with van der Waals surface area (Å²) in [6, 6.07) is 0. The molecule has 5 nitrogen and oxygen atoms in total. The monoisotopic (exact) mass is 260 g/mol. The zero-order valence-corrected chi connectivity index (χ0v) is 10.8. The van der Waals surface area contributed by atoms with E-state index in [1.165, 1.54) is 5.57 Å². The van der Waals surface area contributed by atoms with Crippen molar-refractivity contribution >= 4 is 10.0 Å². The average Bonchev–Trinajstić information content (AvgIpc) is 2.39. The predicted octanol–water partition coefficient (Wildman–Crippen LogP) is 0.00450. The molecule has 0 saturated carbocycles. The molecule has 17 heavy (non-hydrogen) atoms. The van der Waals surface area contributed by atoms with Crippen LogP contribution in [0.15, 0.2) is 11.6 Å². The van der Waals surface area contributed by atoms with Gasteiger partial charge in [-0.15, -0.1) is 0 Å². The van der Waals surface area contributed by atoms with Gasteiger partial charge in [0.1, 0.15) is 0 Å². The van der Waals surface area contributed by atoms with Crippen LogP contribution in [0.4, 0.5) is 0 Å². The van der Waals surface area contributed by atoms with Crippen molar-refractivity contribution in [1.82, 2.24) is 10.0 Å². The van der Waals surface area contributed by atoms with E-state index in [0.717, 1.165) is 19.5 Å². The Morgan fingerprint density at radius 1 is 1.41 bits per heavy atom. The Kier molecular flexibility index (Phi) is 4.55. The zero-order valence-electron chi connectivity index (χ0n) is 9.94. The Morgan fingerprint density at radius 3 is 2.82 bits per heavy atom. The molecule has 0 radical (unpaired) electrons. The summed E-state index contributed by atoms with van der Waals surface area (Å²) in [5.74, 6) is 0. The molecule has 2 aliphatic rings. The van der Waals surface area contributed by atoms with Gasteiger partial charge in [-0.25, -0.2) is 13.1 Å². The summed E-state index contributed by atoms with van der Waals surface area (Å²) in [6.07, 6.45) is 4.21. The highest BCUT2D eigenvalue weighted by molar-refractivity contribution is 7.90. The smallest absolute Gasteiger partial charge is 0.214 e. The van der Waals surface area contributed by atoms with Crippen LogP contribution in [0.2, 0.25) is 0 Å². The van der Waals surface area contributed by atoms with Crippen molar-refractivity contribution in [3.8, 4) is 0 Å². The molecule has 0 unspecified atom stereocenters. The molecule has 0 atom stereocenters. The highest BCUT2D eigenvalue weighted by Gasteiger charge is 2.27. The third-order valence-electron chi connectivity index (χ3n) is 3.27. The molecule has 2 heterocycles. The van der Waals surface area contributed by atoms with Crippen LogP contribution in [-0.4, -0.2) is 46.5 Å². The number of hydrogen-bond donors (Lipinski definition) is 2. The first-order chi connectivity index (χ1) is 8.18. The Morgan fingerprint density at radius 2 is 2.18 bits per heavy atom. The second-order valence-electron chi connectivity index (χ2n) is 4.49. The molecule has 98 valence electrons. The van der Waals surface area contributed by atoms with Crippen molar-refractivity contribution in [1.29, 1.82) is 0 Å². The summed E-state index contributed by atoms with van der Waals surface area (Å²) < 4.78 is 31.9. The van der Waals surface area contributed by atoms with Crippen molar-refractivity contribution in [2.45, 2.75) is 24.5 Å². The second kappa shape index (κ2) is 5.95. The van der Waals surface area contributed by atoms with E-state index in [1.54, 1.807) is 0 Å². The van der Waals surface area contributed by atoms with Crippen LogP contribution in [0.3, 0.4) is 0 Å². The summed E-state index contributed by atoms with van der Waals surface area (Å²) in [4.78, 5) is 0. The molecule has 2 aliphatic heterocycles. The Bertz CT molecular complexity index is 372. The quantitative estimate of drug-likeness (QED) is 0.699. The van der Waals surface area contributed by atoms with Gasteiger partial charge in [-0.05, 0) is 25.8 Å². The highest BCUT2D eigenvalue weighted by Crippen LogP contribution is 2.15. The molecule has 0 amide bonds. The lowest BCUT2D eigenvalue weighted by Crippen LogP contribution is -2.39. The SMILES string of the molecule is O=S(=O)(NCC1=CCNCC1)C1CCOCC1. The van der Waals surface area contributed by atoms with E-state index >= 15 is 0 Å². The highest BCUT2D eigenvalue weighted by atomic mass is 32.2. The van der Waals surface area contributed by atoms with Gasteiger partial charge < -0.3 is 10.1 Å². The summed E-state index contributed by atoms with van der Waals surface area (Å²) in [6.45, 7) is 3.34. The number of nitrogens with one attached hydrogen (secondary N) is 2. The molecule has 2 rings (SSSR count). The van der Waals surface area contributed by atoms with Gasteiger partial charge in [0.25, 0.3) is 0 Å². The first kappa shape index (κ1) is 13.0. The van der Waals surface area contributed by atoms with Crippen molar-refractivity contribution in [2.24, 2.45) is 0 Å². The lowest BCUT2D eigenvalue weighted by atomic mass is 10.1. The van der Waals surface area contributed by atoms with Crippen LogP contribution < -0.4 is 10.0 Å². The lowest BCUT2D eigenvalue weighted by Gasteiger charge is -2.23. The Balaban J connectivity index is 1.86. The van der Waals surface area contributed by atoms with Crippen molar-refractivity contribution in [3.05, 3.63) is 11.6 Å². The molecule has 1 saturated heterocycles. The fourth-order valence-corrected chi connectivity index (χ4v) is 3.56. The predicted molar refractivity (Wildman–Crippen MR) is 66.3 cm³/mol. The van der Waals surface area contributed by atoms with E-state index in [2.05, 4.69) is 16.1 Å². The normalized spacial score (nSPS) is 23.4. The van der Waals surface area contributed by atoms with Crippen LogP contribution in [0.5, 0.6) is 0 Å². The first-order valence-corrected chi connectivity index (χ1v) is 7.68. The number of ether oxygens (including phenoxy) is 1. The number of sulfonamides is 1. The van der Waals surface area contributed by atoms with Crippen LogP contribution in [0.1, 0.15) is 19.3 Å². The van der Waals surface area contributed by atoms with Crippen molar-refractivity contribution in [3.63, 3.8) is 0 Å². The van der Waals surface area contributed by atoms with Gasteiger partial charge in [-0.2, -0.15) is 0 Å². The third kappa shape index (κ3) is 3.77. The molecule has 0 aromatic heterocycles. The van der Waals surface area contributed by atoms with Crippen LogP contribution >= 0.6 is 0 Å². The van der Waals surface area contributed by atoms with Gasteiger partial charge in [0.05, 0.1) is 5.25 Å². The van der Waals surface area contributed by atoms with E-state index < -0.39 is 10.0 Å². The number of hydrogen-bond acceptors (Lipinski definition) is 4. The Hall–Kier alpha value is -0.430. The standard InChI is InChI=1S/C11H20N2O3S/c14-17(15,11-3-7-16-8-4-11)13-9-10-1-5-12-6-2-10/h1,11-13H,2-9H2.